The minimum atomic E-state index is -0.646. The summed E-state index contributed by atoms with van der Waals surface area (Å²) in [4.78, 5) is 16.9. The molecule has 3 atom stereocenters. The number of rotatable bonds is 5. The Balaban J connectivity index is 1.69. The molecule has 3 unspecified atom stereocenters. The number of pyridine rings is 1. The Kier molecular flexibility index (Phi) is 6.32. The van der Waals surface area contributed by atoms with E-state index in [9.17, 15) is 9.90 Å². The third-order valence-corrected chi connectivity index (χ3v) is 5.81. The van der Waals surface area contributed by atoms with Gasteiger partial charge in [0, 0.05) is 17.7 Å². The molecule has 0 spiro atoms. The maximum Gasteiger partial charge on any atom is 0.408 e. The summed E-state index contributed by atoms with van der Waals surface area (Å²) in [5.41, 5.74) is 5.07. The molecule has 1 amide bonds. The van der Waals surface area contributed by atoms with Crippen molar-refractivity contribution in [3.63, 3.8) is 0 Å². The molecule has 0 saturated carbocycles. The van der Waals surface area contributed by atoms with E-state index in [1.54, 1.807) is 6.20 Å². The molecule has 0 radical (unpaired) electrons. The molecule has 5 heteroatoms. The zero-order valence-electron chi connectivity index (χ0n) is 18.5. The molecule has 2 N–H and O–H groups in total. The van der Waals surface area contributed by atoms with Gasteiger partial charge in [-0.1, -0.05) is 50.3 Å². The lowest BCUT2D eigenvalue weighted by Crippen LogP contribution is -2.45. The standard InChI is InChI=1S/C25H32N2O3/c1-15(2)18-10-16(3)11-20(13-18)25(5,6)27-24(29)30-14-19-12-17(4)23(28)22-21(19)8-7-9-26-22/h7-9,11-13,16-17,23,28H,1,10,14H2,2-6H3,(H,27,29). The summed E-state index contributed by atoms with van der Waals surface area (Å²) in [6.07, 6.45) is 7.77. The van der Waals surface area contributed by atoms with Gasteiger partial charge in [-0.25, -0.2) is 4.79 Å². The van der Waals surface area contributed by atoms with E-state index in [1.165, 1.54) is 5.57 Å². The summed E-state index contributed by atoms with van der Waals surface area (Å²) in [5.74, 6) is 0.295. The second-order valence-electron chi connectivity index (χ2n) is 9.01. The monoisotopic (exact) mass is 408 g/mol. The normalized spacial score (nSPS) is 23.5. The Bertz CT molecular complexity index is 939. The predicted octanol–water partition coefficient (Wildman–Crippen LogP) is 5.12. The number of hydrogen-bond acceptors (Lipinski definition) is 4. The Morgan fingerprint density at radius 1 is 1.37 bits per heavy atom. The molecule has 2 aliphatic rings. The highest BCUT2D eigenvalue weighted by molar-refractivity contribution is 5.75. The van der Waals surface area contributed by atoms with Crippen LogP contribution in [-0.2, 0) is 4.74 Å². The molecule has 0 saturated heterocycles. The first kappa shape index (κ1) is 22.0. The van der Waals surface area contributed by atoms with Gasteiger partial charge in [0.2, 0.25) is 0 Å². The Morgan fingerprint density at radius 3 is 2.80 bits per heavy atom. The molecule has 1 aromatic rings. The van der Waals surface area contributed by atoms with Crippen molar-refractivity contribution in [2.45, 2.75) is 52.7 Å². The van der Waals surface area contributed by atoms with Crippen LogP contribution in [0.4, 0.5) is 4.79 Å². The van der Waals surface area contributed by atoms with Crippen molar-refractivity contribution in [2.75, 3.05) is 6.61 Å². The smallest absolute Gasteiger partial charge is 0.408 e. The van der Waals surface area contributed by atoms with E-state index in [2.05, 4.69) is 36.0 Å². The second kappa shape index (κ2) is 8.60. The number of amides is 1. The van der Waals surface area contributed by atoms with Crippen LogP contribution in [0.15, 0.2) is 59.9 Å². The van der Waals surface area contributed by atoms with Gasteiger partial charge in [0.1, 0.15) is 12.7 Å². The van der Waals surface area contributed by atoms with E-state index in [-0.39, 0.29) is 12.5 Å². The number of aromatic nitrogens is 1. The largest absolute Gasteiger partial charge is 0.445 e. The van der Waals surface area contributed by atoms with Crippen LogP contribution >= 0.6 is 0 Å². The summed E-state index contributed by atoms with van der Waals surface area (Å²) < 4.78 is 5.56. The average molecular weight is 409 g/mol. The fourth-order valence-corrected chi connectivity index (χ4v) is 4.00. The van der Waals surface area contributed by atoms with Crippen molar-refractivity contribution < 1.29 is 14.6 Å². The quantitative estimate of drug-likeness (QED) is 0.709. The summed E-state index contributed by atoms with van der Waals surface area (Å²) in [6, 6.07) is 3.72. The van der Waals surface area contributed by atoms with E-state index in [1.807, 2.05) is 45.9 Å². The van der Waals surface area contributed by atoms with E-state index in [4.69, 9.17) is 4.74 Å². The molecular weight excluding hydrogens is 376 g/mol. The minimum Gasteiger partial charge on any atom is -0.445 e. The first-order valence-corrected chi connectivity index (χ1v) is 10.5. The van der Waals surface area contributed by atoms with Gasteiger partial charge in [0.25, 0.3) is 0 Å². The number of carbonyl (C=O) groups excluding carboxylic acids is 1. The van der Waals surface area contributed by atoms with Crippen molar-refractivity contribution in [2.24, 2.45) is 11.8 Å². The molecule has 0 bridgehead atoms. The lowest BCUT2D eigenvalue weighted by molar-refractivity contribution is 0.131. The lowest BCUT2D eigenvalue weighted by atomic mass is 9.81. The number of aliphatic hydroxyl groups is 1. The van der Waals surface area contributed by atoms with Crippen LogP contribution in [-0.4, -0.2) is 28.3 Å². The number of allylic oxidation sites excluding steroid dienone is 3. The average Bonchev–Trinajstić information content (AvgIpc) is 2.69. The van der Waals surface area contributed by atoms with E-state index in [0.29, 0.717) is 11.6 Å². The van der Waals surface area contributed by atoms with Crippen molar-refractivity contribution in [1.29, 1.82) is 0 Å². The third-order valence-electron chi connectivity index (χ3n) is 5.81. The summed E-state index contributed by atoms with van der Waals surface area (Å²) in [6.45, 7) is 14.2. The van der Waals surface area contributed by atoms with E-state index in [0.717, 1.165) is 28.7 Å². The number of alkyl carbamates (subject to hydrolysis) is 1. The molecule has 160 valence electrons. The summed E-state index contributed by atoms with van der Waals surface area (Å²) in [5, 5.41) is 13.4. The second-order valence-corrected chi connectivity index (χ2v) is 9.01. The van der Waals surface area contributed by atoms with Gasteiger partial charge < -0.3 is 15.2 Å². The first-order valence-electron chi connectivity index (χ1n) is 10.5. The molecule has 3 rings (SSSR count). The van der Waals surface area contributed by atoms with Gasteiger partial charge in [-0.15, -0.1) is 0 Å². The first-order chi connectivity index (χ1) is 14.1. The molecule has 5 nitrogen and oxygen atoms in total. The third kappa shape index (κ3) is 4.73. The van der Waals surface area contributed by atoms with Gasteiger partial charge in [-0.3, -0.25) is 4.98 Å². The lowest BCUT2D eigenvalue weighted by Gasteiger charge is -2.32. The topological polar surface area (TPSA) is 71.5 Å². The maximum absolute atomic E-state index is 12.6. The van der Waals surface area contributed by atoms with Gasteiger partial charge in [-0.2, -0.15) is 0 Å². The molecule has 0 aromatic carbocycles. The highest BCUT2D eigenvalue weighted by atomic mass is 16.5. The van der Waals surface area contributed by atoms with Crippen molar-refractivity contribution in [3.05, 3.63) is 71.1 Å². The highest BCUT2D eigenvalue weighted by Crippen LogP contribution is 2.35. The summed E-state index contributed by atoms with van der Waals surface area (Å²) >= 11 is 0. The van der Waals surface area contributed by atoms with Crippen molar-refractivity contribution in [3.8, 4) is 0 Å². The number of nitrogens with zero attached hydrogens (tertiary/aromatic N) is 1. The zero-order chi connectivity index (χ0) is 22.1. The van der Waals surface area contributed by atoms with Crippen molar-refractivity contribution >= 4 is 11.7 Å². The molecule has 0 aliphatic heterocycles. The molecule has 1 heterocycles. The fraction of sp³-hybridized carbons (Fsp3) is 0.440. The Hall–Kier alpha value is -2.66. The Labute approximate surface area is 179 Å². The molecular formula is C25H32N2O3. The number of hydrogen-bond donors (Lipinski definition) is 2. The van der Waals surface area contributed by atoms with Gasteiger partial charge in [0.05, 0.1) is 11.2 Å². The number of nitrogens with one attached hydrogen (secondary N) is 1. The van der Waals surface area contributed by atoms with Crippen molar-refractivity contribution in [1.82, 2.24) is 10.3 Å². The zero-order valence-corrected chi connectivity index (χ0v) is 18.5. The van der Waals surface area contributed by atoms with E-state index < -0.39 is 17.7 Å². The molecule has 1 aromatic heterocycles. The summed E-state index contributed by atoms with van der Waals surface area (Å²) in [7, 11) is 0. The van der Waals surface area contributed by atoms with Crippen LogP contribution in [0.1, 0.15) is 58.4 Å². The van der Waals surface area contributed by atoms with Crippen LogP contribution in [0.3, 0.4) is 0 Å². The van der Waals surface area contributed by atoms with Gasteiger partial charge >= 0.3 is 6.09 Å². The number of carbonyl (C=O) groups is 1. The van der Waals surface area contributed by atoms with Gasteiger partial charge in [-0.05, 0) is 55.9 Å². The predicted molar refractivity (Wildman–Crippen MR) is 120 cm³/mol. The SMILES string of the molecule is C=C(C)C1=CC(C(C)(C)NC(=O)OCC2=CC(C)C(O)c3ncccc32)=CC(C)C1. The van der Waals surface area contributed by atoms with Crippen LogP contribution in [0, 0.1) is 11.8 Å². The Morgan fingerprint density at radius 2 is 2.10 bits per heavy atom. The van der Waals surface area contributed by atoms with E-state index >= 15 is 0 Å². The maximum atomic E-state index is 12.6. The molecule has 30 heavy (non-hydrogen) atoms. The van der Waals surface area contributed by atoms with Crippen LogP contribution in [0.2, 0.25) is 0 Å². The number of aliphatic hydroxyl groups excluding tert-OH is 1. The highest BCUT2D eigenvalue weighted by Gasteiger charge is 2.29. The number of fused-ring (bicyclic) bond motifs is 1. The van der Waals surface area contributed by atoms with Crippen LogP contribution < -0.4 is 5.32 Å². The molecule has 0 fully saturated rings. The van der Waals surface area contributed by atoms with Crippen LogP contribution in [0.5, 0.6) is 0 Å². The van der Waals surface area contributed by atoms with Crippen LogP contribution in [0.25, 0.3) is 5.57 Å². The fourth-order valence-electron chi connectivity index (χ4n) is 4.00. The number of ether oxygens (including phenoxy) is 1. The van der Waals surface area contributed by atoms with Gasteiger partial charge in [0.15, 0.2) is 0 Å². The minimum absolute atomic E-state index is 0.0925. The molecule has 2 aliphatic carbocycles.